The molecule has 0 aliphatic rings. The van der Waals surface area contributed by atoms with Gasteiger partial charge in [0.05, 0.1) is 5.52 Å². The first kappa shape index (κ1) is 18.4. The number of para-hydroxylation sites is 1. The van der Waals surface area contributed by atoms with E-state index >= 15 is 0 Å². The molecule has 1 amide bonds. The fraction of sp³-hybridized carbons (Fsp3) is 0.0870. The number of amides is 1. The molecule has 0 atom stereocenters. The zero-order chi connectivity index (χ0) is 20.4. The Labute approximate surface area is 169 Å². The molecule has 0 fully saturated rings. The molecule has 6 heteroatoms. The molecule has 0 radical (unpaired) electrons. The third kappa shape index (κ3) is 3.87. The van der Waals surface area contributed by atoms with E-state index in [2.05, 4.69) is 21.4 Å². The highest BCUT2D eigenvalue weighted by atomic mass is 16.1. The zero-order valence-corrected chi connectivity index (χ0v) is 16.3. The summed E-state index contributed by atoms with van der Waals surface area (Å²) in [5.74, 6) is 0.893. The number of hydrogen-bond acceptors (Lipinski definition) is 5. The van der Waals surface area contributed by atoms with Crippen molar-refractivity contribution in [1.29, 1.82) is 0 Å². The van der Waals surface area contributed by atoms with Crippen molar-refractivity contribution in [1.82, 2.24) is 9.97 Å². The Kier molecular flexibility index (Phi) is 4.83. The van der Waals surface area contributed by atoms with Gasteiger partial charge in [0, 0.05) is 30.7 Å². The number of nitrogens with two attached hydrogens (primary N) is 1. The van der Waals surface area contributed by atoms with Crippen molar-refractivity contribution in [3.8, 4) is 11.1 Å². The minimum Gasteiger partial charge on any atom is -0.368 e. The fourth-order valence-corrected chi connectivity index (χ4v) is 3.29. The number of carbonyl (C=O) groups is 1. The maximum atomic E-state index is 11.2. The van der Waals surface area contributed by atoms with Crippen molar-refractivity contribution in [2.75, 3.05) is 23.0 Å². The fourth-order valence-electron chi connectivity index (χ4n) is 3.29. The van der Waals surface area contributed by atoms with Gasteiger partial charge in [-0.05, 0) is 47.5 Å². The largest absolute Gasteiger partial charge is 0.368 e. The second-order valence-electron chi connectivity index (χ2n) is 6.79. The van der Waals surface area contributed by atoms with Crippen LogP contribution in [0.15, 0.2) is 72.8 Å². The average Bonchev–Trinajstić information content (AvgIpc) is 2.73. The van der Waals surface area contributed by atoms with E-state index in [4.69, 9.17) is 5.73 Å². The predicted molar refractivity (Wildman–Crippen MR) is 118 cm³/mol. The molecular formula is C23H21N5O. The summed E-state index contributed by atoms with van der Waals surface area (Å²) in [6, 6.07) is 23.8. The lowest BCUT2D eigenvalue weighted by Crippen LogP contribution is -2.13. The Balaban J connectivity index is 1.79. The van der Waals surface area contributed by atoms with E-state index in [1.54, 1.807) is 0 Å². The van der Waals surface area contributed by atoms with Gasteiger partial charge in [-0.3, -0.25) is 4.79 Å². The van der Waals surface area contributed by atoms with Gasteiger partial charge in [0.25, 0.3) is 0 Å². The molecule has 0 bridgehead atoms. The van der Waals surface area contributed by atoms with Crippen molar-refractivity contribution in [3.63, 3.8) is 0 Å². The van der Waals surface area contributed by atoms with E-state index in [-0.39, 0.29) is 11.9 Å². The van der Waals surface area contributed by atoms with Gasteiger partial charge >= 0.3 is 0 Å². The van der Waals surface area contributed by atoms with Crippen LogP contribution in [0, 0.1) is 0 Å². The molecule has 0 aliphatic heterocycles. The minimum atomic E-state index is -0.0909. The molecule has 1 aromatic heterocycles. The van der Waals surface area contributed by atoms with E-state index in [1.807, 2.05) is 78.7 Å². The second kappa shape index (κ2) is 7.59. The molecule has 1 heterocycles. The number of hydrogen-bond donors (Lipinski definition) is 2. The Bertz CT molecular complexity index is 1170. The number of carbonyl (C=O) groups excluding carboxylic acids is 1. The number of fused-ring (bicyclic) bond motifs is 1. The normalized spacial score (nSPS) is 10.7. The summed E-state index contributed by atoms with van der Waals surface area (Å²) >= 11 is 0. The topological polar surface area (TPSA) is 84.1 Å². The van der Waals surface area contributed by atoms with Gasteiger partial charge in [-0.15, -0.1) is 0 Å². The average molecular weight is 383 g/mol. The SMILES string of the molecule is CC(=O)Nc1ccc(-c2ccc3nc(N)nc(N(C)c4ccccc4)c3c2)cc1. The highest BCUT2D eigenvalue weighted by Crippen LogP contribution is 2.32. The summed E-state index contributed by atoms with van der Waals surface area (Å²) in [5, 5.41) is 3.69. The lowest BCUT2D eigenvalue weighted by molar-refractivity contribution is -0.114. The quantitative estimate of drug-likeness (QED) is 0.538. The number of benzene rings is 3. The van der Waals surface area contributed by atoms with E-state index in [0.29, 0.717) is 0 Å². The molecule has 6 nitrogen and oxygen atoms in total. The van der Waals surface area contributed by atoms with Crippen molar-refractivity contribution < 1.29 is 4.79 Å². The maximum Gasteiger partial charge on any atom is 0.222 e. The summed E-state index contributed by atoms with van der Waals surface area (Å²) in [6.07, 6.45) is 0. The summed E-state index contributed by atoms with van der Waals surface area (Å²) in [4.78, 5) is 22.1. The molecule has 144 valence electrons. The van der Waals surface area contributed by atoms with Crippen LogP contribution in [0.5, 0.6) is 0 Å². The number of aromatic nitrogens is 2. The smallest absolute Gasteiger partial charge is 0.222 e. The van der Waals surface area contributed by atoms with E-state index in [0.717, 1.165) is 39.2 Å². The number of rotatable bonds is 4. The highest BCUT2D eigenvalue weighted by molar-refractivity contribution is 5.95. The first-order valence-corrected chi connectivity index (χ1v) is 9.25. The van der Waals surface area contributed by atoms with Crippen molar-refractivity contribution in [2.24, 2.45) is 0 Å². The maximum absolute atomic E-state index is 11.2. The Morgan fingerprint density at radius 2 is 1.62 bits per heavy atom. The predicted octanol–water partition coefficient (Wildman–Crippen LogP) is 4.61. The number of nitrogens with zero attached hydrogens (tertiary/aromatic N) is 3. The lowest BCUT2D eigenvalue weighted by Gasteiger charge is -2.20. The molecule has 0 aliphatic carbocycles. The molecule has 0 saturated heterocycles. The second-order valence-corrected chi connectivity index (χ2v) is 6.79. The van der Waals surface area contributed by atoms with E-state index < -0.39 is 0 Å². The summed E-state index contributed by atoms with van der Waals surface area (Å²) in [5.41, 5.74) is 10.6. The highest BCUT2D eigenvalue weighted by Gasteiger charge is 2.13. The van der Waals surface area contributed by atoms with Crippen LogP contribution in [0.25, 0.3) is 22.0 Å². The third-order valence-electron chi connectivity index (χ3n) is 4.69. The van der Waals surface area contributed by atoms with Gasteiger partial charge in [-0.2, -0.15) is 4.98 Å². The molecule has 4 rings (SSSR count). The molecular weight excluding hydrogens is 362 g/mol. The standard InChI is InChI=1S/C23H21N5O/c1-15(29)25-18-11-8-16(9-12-18)17-10-13-21-20(14-17)22(27-23(24)26-21)28(2)19-6-4-3-5-7-19/h3-14H,1-2H3,(H,25,29)(H2,24,26,27). The Hall–Kier alpha value is -3.93. The molecule has 0 unspecified atom stereocenters. The van der Waals surface area contributed by atoms with Crippen LogP contribution in [0.1, 0.15) is 6.92 Å². The van der Waals surface area contributed by atoms with Gasteiger partial charge in [0.1, 0.15) is 5.82 Å². The first-order chi connectivity index (χ1) is 14.0. The third-order valence-corrected chi connectivity index (χ3v) is 4.69. The van der Waals surface area contributed by atoms with Crippen molar-refractivity contribution >= 4 is 40.0 Å². The number of anilines is 4. The number of nitrogens with one attached hydrogen (secondary N) is 1. The van der Waals surface area contributed by atoms with Crippen LogP contribution in [0.2, 0.25) is 0 Å². The van der Waals surface area contributed by atoms with Crippen LogP contribution in [-0.2, 0) is 4.79 Å². The van der Waals surface area contributed by atoms with Crippen LogP contribution in [-0.4, -0.2) is 22.9 Å². The monoisotopic (exact) mass is 383 g/mol. The molecule has 4 aromatic rings. The molecule has 29 heavy (non-hydrogen) atoms. The molecule has 3 aromatic carbocycles. The van der Waals surface area contributed by atoms with Gasteiger partial charge < -0.3 is 16.0 Å². The number of nitrogen functional groups attached to an aromatic ring is 1. The van der Waals surface area contributed by atoms with Crippen LogP contribution in [0.3, 0.4) is 0 Å². The lowest BCUT2D eigenvalue weighted by atomic mass is 10.0. The summed E-state index contributed by atoms with van der Waals surface area (Å²) in [7, 11) is 1.96. The Morgan fingerprint density at radius 3 is 2.31 bits per heavy atom. The first-order valence-electron chi connectivity index (χ1n) is 9.25. The van der Waals surface area contributed by atoms with E-state index in [1.165, 1.54) is 6.92 Å². The van der Waals surface area contributed by atoms with Crippen molar-refractivity contribution in [3.05, 3.63) is 72.8 Å². The van der Waals surface area contributed by atoms with E-state index in [9.17, 15) is 4.79 Å². The molecule has 0 spiro atoms. The van der Waals surface area contributed by atoms with Crippen LogP contribution in [0.4, 0.5) is 23.1 Å². The van der Waals surface area contributed by atoms with Gasteiger partial charge in [0.15, 0.2) is 0 Å². The van der Waals surface area contributed by atoms with Gasteiger partial charge in [-0.25, -0.2) is 4.98 Å². The van der Waals surface area contributed by atoms with Crippen molar-refractivity contribution in [2.45, 2.75) is 6.92 Å². The Morgan fingerprint density at radius 1 is 0.931 bits per heavy atom. The molecule has 3 N–H and O–H groups in total. The van der Waals surface area contributed by atoms with Crippen LogP contribution < -0.4 is 16.0 Å². The minimum absolute atomic E-state index is 0.0909. The summed E-state index contributed by atoms with van der Waals surface area (Å²) < 4.78 is 0. The zero-order valence-electron chi connectivity index (χ0n) is 16.3. The van der Waals surface area contributed by atoms with Crippen LogP contribution >= 0.6 is 0 Å². The van der Waals surface area contributed by atoms with Gasteiger partial charge in [0.2, 0.25) is 11.9 Å². The van der Waals surface area contributed by atoms with Gasteiger partial charge in [-0.1, -0.05) is 36.4 Å². The molecule has 0 saturated carbocycles. The summed E-state index contributed by atoms with van der Waals surface area (Å²) in [6.45, 7) is 1.49.